The lowest BCUT2D eigenvalue weighted by Gasteiger charge is -2.18. The SMILES string of the molecule is C=C(C)C(F)(F)COc1ncc(CNC(=O)c2cc(C)nc(NC(=O)C(C)C)c2)cc1CC. The number of alkyl halides is 2. The Morgan fingerprint density at radius 2 is 1.94 bits per heavy atom. The van der Waals surface area contributed by atoms with Gasteiger partial charge in [-0.1, -0.05) is 27.4 Å². The molecule has 2 rings (SSSR count). The third-order valence-electron chi connectivity index (χ3n) is 4.82. The second-order valence-electron chi connectivity index (χ2n) is 8.14. The van der Waals surface area contributed by atoms with Crippen LogP contribution in [0.2, 0.25) is 0 Å². The summed E-state index contributed by atoms with van der Waals surface area (Å²) in [6.45, 7) is 11.0. The Bertz CT molecular complexity index is 1040. The summed E-state index contributed by atoms with van der Waals surface area (Å²) < 4.78 is 32.7. The number of halogens is 2. The van der Waals surface area contributed by atoms with Crippen LogP contribution in [-0.4, -0.2) is 34.3 Å². The third-order valence-corrected chi connectivity index (χ3v) is 4.82. The first-order valence-electron chi connectivity index (χ1n) is 10.6. The summed E-state index contributed by atoms with van der Waals surface area (Å²) in [5.74, 6) is -3.47. The van der Waals surface area contributed by atoms with Crippen LogP contribution >= 0.6 is 0 Å². The molecule has 2 heterocycles. The minimum atomic E-state index is -3.14. The van der Waals surface area contributed by atoms with Gasteiger partial charge in [-0.25, -0.2) is 9.97 Å². The van der Waals surface area contributed by atoms with E-state index in [1.54, 1.807) is 32.9 Å². The molecule has 0 spiro atoms. The number of pyridine rings is 2. The van der Waals surface area contributed by atoms with Crippen LogP contribution in [-0.2, 0) is 17.8 Å². The molecule has 7 nitrogen and oxygen atoms in total. The highest BCUT2D eigenvalue weighted by molar-refractivity contribution is 5.97. The fourth-order valence-corrected chi connectivity index (χ4v) is 2.73. The number of amides is 2. The van der Waals surface area contributed by atoms with E-state index in [9.17, 15) is 18.4 Å². The largest absolute Gasteiger partial charge is 0.471 e. The molecule has 0 radical (unpaired) electrons. The van der Waals surface area contributed by atoms with Gasteiger partial charge in [-0.15, -0.1) is 0 Å². The summed E-state index contributed by atoms with van der Waals surface area (Å²) in [4.78, 5) is 33.0. The number of rotatable bonds is 10. The van der Waals surface area contributed by atoms with Gasteiger partial charge in [0.2, 0.25) is 11.8 Å². The minimum absolute atomic E-state index is 0.129. The third kappa shape index (κ3) is 7.34. The highest BCUT2D eigenvalue weighted by Crippen LogP contribution is 2.25. The van der Waals surface area contributed by atoms with Crippen molar-refractivity contribution in [3.63, 3.8) is 0 Å². The van der Waals surface area contributed by atoms with Crippen LogP contribution in [0.1, 0.15) is 54.9 Å². The van der Waals surface area contributed by atoms with Crippen molar-refractivity contribution in [3.8, 4) is 5.88 Å². The Labute approximate surface area is 192 Å². The topological polar surface area (TPSA) is 93.2 Å². The standard InChI is InChI=1S/C24H30F2N4O3/c1-7-18-9-17(12-28-23(18)33-13-24(25,26)15(4)5)11-27-22(32)19-8-16(6)29-20(10-19)30-21(31)14(2)3/h8-10,12,14H,4,7,11,13H2,1-3,5-6H3,(H,27,32)(H,29,30,31). The molecule has 0 aromatic carbocycles. The van der Waals surface area contributed by atoms with E-state index >= 15 is 0 Å². The van der Waals surface area contributed by atoms with E-state index in [0.717, 1.165) is 0 Å². The maximum absolute atomic E-state index is 13.8. The first-order chi connectivity index (χ1) is 15.4. The minimum Gasteiger partial charge on any atom is -0.471 e. The van der Waals surface area contributed by atoms with Crippen LogP contribution in [0.4, 0.5) is 14.6 Å². The second kappa shape index (κ2) is 11.0. The molecular weight excluding hydrogens is 430 g/mol. The van der Waals surface area contributed by atoms with Gasteiger partial charge in [0.25, 0.3) is 5.91 Å². The molecule has 0 saturated heterocycles. The summed E-state index contributed by atoms with van der Waals surface area (Å²) >= 11 is 0. The summed E-state index contributed by atoms with van der Waals surface area (Å²) in [7, 11) is 0. The van der Waals surface area contributed by atoms with E-state index in [-0.39, 0.29) is 35.7 Å². The normalized spacial score (nSPS) is 11.3. The van der Waals surface area contributed by atoms with Gasteiger partial charge >= 0.3 is 5.92 Å². The Kier molecular flexibility index (Phi) is 8.62. The van der Waals surface area contributed by atoms with Crippen molar-refractivity contribution < 1.29 is 23.1 Å². The zero-order chi connectivity index (χ0) is 24.8. The average Bonchev–Trinajstić information content (AvgIpc) is 2.75. The predicted octanol–water partition coefficient (Wildman–Crippen LogP) is 4.46. The van der Waals surface area contributed by atoms with Crippen molar-refractivity contribution in [2.24, 2.45) is 5.92 Å². The van der Waals surface area contributed by atoms with E-state index in [4.69, 9.17) is 4.74 Å². The van der Waals surface area contributed by atoms with Crippen LogP contribution in [0.25, 0.3) is 0 Å². The van der Waals surface area contributed by atoms with Crippen LogP contribution in [0.15, 0.2) is 36.5 Å². The van der Waals surface area contributed by atoms with E-state index in [2.05, 4.69) is 27.2 Å². The maximum atomic E-state index is 13.8. The summed E-state index contributed by atoms with van der Waals surface area (Å²) in [6.07, 6.45) is 1.99. The van der Waals surface area contributed by atoms with Gasteiger partial charge in [-0.05, 0) is 49.6 Å². The molecule has 0 saturated carbocycles. The Morgan fingerprint density at radius 1 is 1.24 bits per heavy atom. The van der Waals surface area contributed by atoms with Crippen LogP contribution in [0.3, 0.4) is 0 Å². The number of hydrogen-bond donors (Lipinski definition) is 2. The van der Waals surface area contributed by atoms with Crippen molar-refractivity contribution in [1.82, 2.24) is 15.3 Å². The lowest BCUT2D eigenvalue weighted by molar-refractivity contribution is -0.118. The monoisotopic (exact) mass is 460 g/mol. The van der Waals surface area contributed by atoms with Crippen LogP contribution < -0.4 is 15.4 Å². The predicted molar refractivity (Wildman–Crippen MR) is 122 cm³/mol. The first kappa shape index (κ1) is 25.9. The van der Waals surface area contributed by atoms with E-state index < -0.39 is 12.5 Å². The molecule has 0 aliphatic heterocycles. The molecule has 0 aliphatic carbocycles. The molecule has 33 heavy (non-hydrogen) atoms. The quantitative estimate of drug-likeness (QED) is 0.511. The van der Waals surface area contributed by atoms with Gasteiger partial charge in [-0.2, -0.15) is 8.78 Å². The van der Waals surface area contributed by atoms with Crippen LogP contribution in [0.5, 0.6) is 5.88 Å². The van der Waals surface area contributed by atoms with Gasteiger partial charge in [-0.3, -0.25) is 9.59 Å². The molecule has 2 amide bonds. The molecule has 9 heteroatoms. The van der Waals surface area contributed by atoms with Crippen LogP contribution in [0, 0.1) is 12.8 Å². The number of nitrogens with one attached hydrogen (secondary N) is 2. The summed E-state index contributed by atoms with van der Waals surface area (Å²) in [5.41, 5.74) is 2.01. The molecule has 0 atom stereocenters. The number of nitrogens with zero attached hydrogens (tertiary/aromatic N) is 2. The molecule has 0 bridgehead atoms. The average molecular weight is 461 g/mol. The number of ether oxygens (including phenoxy) is 1. The zero-order valence-corrected chi connectivity index (χ0v) is 19.6. The number of hydrogen-bond acceptors (Lipinski definition) is 5. The molecule has 2 aromatic rings. The fraction of sp³-hybridized carbons (Fsp3) is 0.417. The Balaban J connectivity index is 2.07. The van der Waals surface area contributed by atoms with Crippen molar-refractivity contribution in [3.05, 3.63) is 58.9 Å². The lowest BCUT2D eigenvalue weighted by atomic mass is 10.1. The zero-order valence-electron chi connectivity index (χ0n) is 19.6. The number of aryl methyl sites for hydroxylation is 2. The molecule has 0 unspecified atom stereocenters. The number of carbonyl (C=O) groups excluding carboxylic acids is 2. The molecule has 178 valence electrons. The Hall–Kier alpha value is -3.36. The smallest absolute Gasteiger partial charge is 0.302 e. The van der Waals surface area contributed by atoms with Gasteiger partial charge in [0, 0.05) is 35.5 Å². The highest BCUT2D eigenvalue weighted by Gasteiger charge is 2.31. The summed E-state index contributed by atoms with van der Waals surface area (Å²) in [6, 6.07) is 4.89. The molecule has 2 N–H and O–H groups in total. The lowest BCUT2D eigenvalue weighted by Crippen LogP contribution is -2.27. The van der Waals surface area contributed by atoms with Crippen molar-refractivity contribution in [2.75, 3.05) is 11.9 Å². The molecular formula is C24H30F2N4O3. The van der Waals surface area contributed by atoms with Crippen molar-refractivity contribution in [1.29, 1.82) is 0 Å². The van der Waals surface area contributed by atoms with Crippen molar-refractivity contribution in [2.45, 2.75) is 53.5 Å². The highest BCUT2D eigenvalue weighted by atomic mass is 19.3. The molecule has 0 fully saturated rings. The van der Waals surface area contributed by atoms with Gasteiger partial charge < -0.3 is 15.4 Å². The van der Waals surface area contributed by atoms with E-state index in [1.165, 1.54) is 19.2 Å². The second-order valence-corrected chi connectivity index (χ2v) is 8.14. The molecule has 2 aromatic heterocycles. The fourth-order valence-electron chi connectivity index (χ4n) is 2.73. The van der Waals surface area contributed by atoms with Gasteiger partial charge in [0.05, 0.1) is 0 Å². The number of aromatic nitrogens is 2. The first-order valence-corrected chi connectivity index (χ1v) is 10.6. The van der Waals surface area contributed by atoms with E-state index in [1.807, 2.05) is 6.92 Å². The van der Waals surface area contributed by atoms with Gasteiger partial charge in [0.15, 0.2) is 6.61 Å². The number of anilines is 1. The number of carbonyl (C=O) groups is 2. The van der Waals surface area contributed by atoms with Crippen molar-refractivity contribution >= 4 is 17.6 Å². The summed E-state index contributed by atoms with van der Waals surface area (Å²) in [5, 5.41) is 5.49. The Morgan fingerprint density at radius 3 is 2.55 bits per heavy atom. The van der Waals surface area contributed by atoms with Gasteiger partial charge in [0.1, 0.15) is 5.82 Å². The van der Waals surface area contributed by atoms with E-state index in [0.29, 0.717) is 34.6 Å². The molecule has 0 aliphatic rings. The maximum Gasteiger partial charge on any atom is 0.302 e.